The summed E-state index contributed by atoms with van der Waals surface area (Å²) in [6.07, 6.45) is 0.166. The first-order valence-electron chi connectivity index (χ1n) is 9.67. The van der Waals surface area contributed by atoms with Crippen LogP contribution in [-0.4, -0.2) is 37.1 Å². The van der Waals surface area contributed by atoms with E-state index in [0.29, 0.717) is 12.2 Å². The largest absolute Gasteiger partial charge is 0.469 e. The molecule has 1 aliphatic heterocycles. The summed E-state index contributed by atoms with van der Waals surface area (Å²) in [5.41, 5.74) is 13.3. The molecule has 0 saturated carbocycles. The molecule has 2 N–H and O–H groups in total. The Morgan fingerprint density at radius 3 is 2.45 bits per heavy atom. The first kappa shape index (κ1) is 19.1. The number of ether oxygens (including phenoxy) is 1. The normalized spacial score (nSPS) is 13.0. The fraction of sp³-hybridized carbons (Fsp3) is 0.304. The predicted molar refractivity (Wildman–Crippen MR) is 114 cm³/mol. The monoisotopic (exact) mass is 391 g/mol. The van der Waals surface area contributed by atoms with Crippen molar-refractivity contribution in [3.8, 4) is 11.1 Å². The van der Waals surface area contributed by atoms with Crippen LogP contribution in [0.15, 0.2) is 30.3 Å². The zero-order valence-electron chi connectivity index (χ0n) is 17.2. The number of nitrogens with zero attached hydrogens (tertiary/aromatic N) is 2. The van der Waals surface area contributed by atoms with Crippen LogP contribution in [0.25, 0.3) is 22.0 Å². The van der Waals surface area contributed by atoms with Crippen LogP contribution < -0.4 is 10.6 Å². The molecule has 0 bridgehead atoms. The maximum atomic E-state index is 12.3. The molecule has 150 valence electrons. The van der Waals surface area contributed by atoms with Crippen LogP contribution in [0.3, 0.4) is 0 Å². The smallest absolute Gasteiger partial charge is 0.310 e. The van der Waals surface area contributed by atoms with Crippen molar-refractivity contribution in [1.82, 2.24) is 4.57 Å². The highest BCUT2D eigenvalue weighted by molar-refractivity contribution is 6.10. The molecule has 1 amide bonds. The third-order valence-electron chi connectivity index (χ3n) is 5.88. The number of esters is 1. The van der Waals surface area contributed by atoms with Gasteiger partial charge in [0.15, 0.2) is 0 Å². The summed E-state index contributed by atoms with van der Waals surface area (Å²) >= 11 is 0. The zero-order chi connectivity index (χ0) is 20.9. The van der Waals surface area contributed by atoms with E-state index in [4.69, 9.17) is 10.5 Å². The molecule has 0 atom stereocenters. The fourth-order valence-corrected chi connectivity index (χ4v) is 4.42. The lowest BCUT2D eigenvalue weighted by Crippen LogP contribution is -2.30. The molecule has 0 unspecified atom stereocenters. The second kappa shape index (κ2) is 6.95. The van der Waals surface area contributed by atoms with Gasteiger partial charge in [0.2, 0.25) is 0 Å². The third kappa shape index (κ3) is 2.95. The average Bonchev–Trinajstić information content (AvgIpc) is 3.07. The van der Waals surface area contributed by atoms with Crippen molar-refractivity contribution >= 4 is 28.5 Å². The molecular weight excluding hydrogens is 366 g/mol. The Morgan fingerprint density at radius 2 is 1.83 bits per heavy atom. The lowest BCUT2D eigenvalue weighted by atomic mass is 9.88. The molecule has 1 aliphatic rings. The summed E-state index contributed by atoms with van der Waals surface area (Å²) in [7, 11) is 3.44. The highest BCUT2D eigenvalue weighted by Gasteiger charge is 2.29. The van der Waals surface area contributed by atoms with E-state index >= 15 is 0 Å². The number of amides is 1. The van der Waals surface area contributed by atoms with Gasteiger partial charge in [-0.2, -0.15) is 0 Å². The number of aryl methyl sites for hydroxylation is 1. The lowest BCUT2D eigenvalue weighted by Gasteiger charge is -2.31. The second-order valence-corrected chi connectivity index (χ2v) is 7.68. The highest BCUT2D eigenvalue weighted by Crippen LogP contribution is 2.44. The Bertz CT molecular complexity index is 1140. The van der Waals surface area contributed by atoms with E-state index in [9.17, 15) is 9.59 Å². The number of nitrogens with two attached hydrogens (primary N) is 1. The predicted octanol–water partition coefficient (Wildman–Crippen LogP) is 3.19. The van der Waals surface area contributed by atoms with Crippen molar-refractivity contribution in [1.29, 1.82) is 0 Å². The average molecular weight is 391 g/mol. The Hall–Kier alpha value is -3.28. The fourth-order valence-electron chi connectivity index (χ4n) is 4.42. The Kier molecular flexibility index (Phi) is 4.57. The topological polar surface area (TPSA) is 77.6 Å². The van der Waals surface area contributed by atoms with E-state index in [1.54, 1.807) is 0 Å². The van der Waals surface area contributed by atoms with Gasteiger partial charge in [-0.15, -0.1) is 0 Å². The second-order valence-electron chi connectivity index (χ2n) is 7.68. The minimum Gasteiger partial charge on any atom is -0.469 e. The van der Waals surface area contributed by atoms with Gasteiger partial charge in [-0.25, -0.2) is 0 Å². The van der Waals surface area contributed by atoms with Crippen molar-refractivity contribution in [2.45, 2.75) is 26.8 Å². The summed E-state index contributed by atoms with van der Waals surface area (Å²) in [6, 6.07) is 10.1. The first-order chi connectivity index (χ1) is 13.8. The third-order valence-corrected chi connectivity index (χ3v) is 5.88. The number of carbonyl (C=O) groups excluding carboxylic acids is 2. The van der Waals surface area contributed by atoms with Gasteiger partial charge in [-0.3, -0.25) is 9.59 Å². The molecule has 2 heterocycles. The summed E-state index contributed by atoms with van der Waals surface area (Å²) in [4.78, 5) is 26.6. The molecular formula is C23H25N3O3. The van der Waals surface area contributed by atoms with Crippen LogP contribution >= 0.6 is 0 Å². The number of hydrogen-bond acceptors (Lipinski definition) is 4. The van der Waals surface area contributed by atoms with Gasteiger partial charge in [-0.05, 0) is 42.2 Å². The number of aromatic nitrogens is 1. The molecule has 0 radical (unpaired) electrons. The van der Waals surface area contributed by atoms with Gasteiger partial charge in [0.1, 0.15) is 5.69 Å². The van der Waals surface area contributed by atoms with Crippen molar-refractivity contribution in [2.24, 2.45) is 5.73 Å². The lowest BCUT2D eigenvalue weighted by molar-refractivity contribution is -0.139. The number of rotatable bonds is 4. The molecule has 6 heteroatoms. The SMILES string of the molecule is COC(=O)Cc1c(C)c2c3c(cc(C(N)=O)n3CCN2C)c1-c1ccc(C)cc1. The van der Waals surface area contributed by atoms with Gasteiger partial charge in [0.25, 0.3) is 5.91 Å². The van der Waals surface area contributed by atoms with Gasteiger partial charge in [-0.1, -0.05) is 29.8 Å². The molecule has 0 aliphatic carbocycles. The number of hydrogen-bond donors (Lipinski definition) is 1. The molecule has 0 spiro atoms. The van der Waals surface area contributed by atoms with Gasteiger partial charge in [0.05, 0.1) is 24.7 Å². The molecule has 3 aromatic rings. The maximum Gasteiger partial charge on any atom is 0.310 e. The Balaban J connectivity index is 2.15. The Morgan fingerprint density at radius 1 is 1.14 bits per heavy atom. The molecule has 6 nitrogen and oxygen atoms in total. The molecule has 29 heavy (non-hydrogen) atoms. The van der Waals surface area contributed by atoms with Crippen molar-refractivity contribution in [3.63, 3.8) is 0 Å². The van der Waals surface area contributed by atoms with Crippen LogP contribution in [0.1, 0.15) is 27.2 Å². The number of anilines is 1. The summed E-state index contributed by atoms with van der Waals surface area (Å²) in [6.45, 7) is 5.53. The molecule has 4 rings (SSSR count). The van der Waals surface area contributed by atoms with Gasteiger partial charge >= 0.3 is 5.97 Å². The van der Waals surface area contributed by atoms with Gasteiger partial charge in [0, 0.05) is 25.5 Å². The summed E-state index contributed by atoms with van der Waals surface area (Å²) in [5, 5.41) is 0.939. The number of benzene rings is 2. The van der Waals surface area contributed by atoms with Crippen molar-refractivity contribution < 1.29 is 14.3 Å². The number of methoxy groups -OCH3 is 1. The molecule has 0 fully saturated rings. The first-order valence-corrected chi connectivity index (χ1v) is 9.67. The van der Waals surface area contributed by atoms with Crippen LogP contribution in [0.2, 0.25) is 0 Å². The standard InChI is InChI=1S/C23H25N3O3/c1-13-5-7-15(8-6-13)20-16(12-19(27)29-4)14(2)21-22-17(20)11-18(23(24)28)26(22)10-9-25(21)3/h5-8,11H,9-10,12H2,1-4H3,(H2,24,28). The molecule has 1 aromatic heterocycles. The van der Waals surface area contributed by atoms with E-state index < -0.39 is 5.91 Å². The molecule has 0 saturated heterocycles. The van der Waals surface area contributed by atoms with E-state index in [0.717, 1.165) is 51.0 Å². The van der Waals surface area contributed by atoms with E-state index in [1.165, 1.54) is 7.11 Å². The summed E-state index contributed by atoms with van der Waals surface area (Å²) < 4.78 is 6.99. The Labute approximate surface area is 169 Å². The van der Waals surface area contributed by atoms with E-state index in [-0.39, 0.29) is 12.4 Å². The van der Waals surface area contributed by atoms with E-state index in [2.05, 4.69) is 29.2 Å². The van der Waals surface area contributed by atoms with Crippen LogP contribution in [0.4, 0.5) is 5.69 Å². The number of carbonyl (C=O) groups is 2. The molecule has 2 aromatic carbocycles. The van der Waals surface area contributed by atoms with Crippen molar-refractivity contribution in [2.75, 3.05) is 25.6 Å². The van der Waals surface area contributed by atoms with Crippen LogP contribution in [0, 0.1) is 13.8 Å². The number of likely N-dealkylation sites (N-methyl/N-ethyl adjacent to an activating group) is 1. The summed E-state index contributed by atoms with van der Waals surface area (Å²) in [5.74, 6) is -0.736. The zero-order valence-corrected chi connectivity index (χ0v) is 17.2. The maximum absolute atomic E-state index is 12.3. The van der Waals surface area contributed by atoms with Crippen LogP contribution in [0.5, 0.6) is 0 Å². The minimum atomic E-state index is -0.446. The highest BCUT2D eigenvalue weighted by atomic mass is 16.5. The van der Waals surface area contributed by atoms with Gasteiger partial charge < -0.3 is 19.9 Å². The van der Waals surface area contributed by atoms with E-state index in [1.807, 2.05) is 31.5 Å². The quantitative estimate of drug-likeness (QED) is 0.693. The number of primary amides is 1. The van der Waals surface area contributed by atoms with Crippen molar-refractivity contribution in [3.05, 3.63) is 52.7 Å². The van der Waals surface area contributed by atoms with Crippen LogP contribution in [-0.2, 0) is 22.5 Å². The minimum absolute atomic E-state index is 0.166.